The van der Waals surface area contributed by atoms with Crippen LogP contribution in [0, 0.1) is 5.82 Å². The molecule has 2 aromatic rings. The van der Waals surface area contributed by atoms with Gasteiger partial charge in [-0.05, 0) is 42.5 Å². The zero-order valence-electron chi connectivity index (χ0n) is 15.4. The topological polar surface area (TPSA) is 102 Å². The first-order valence-corrected chi connectivity index (χ1v) is 9.41. The van der Waals surface area contributed by atoms with Crippen molar-refractivity contribution in [3.63, 3.8) is 0 Å². The van der Waals surface area contributed by atoms with Gasteiger partial charge in [0.2, 0.25) is 15.9 Å². The molecule has 0 spiro atoms. The predicted octanol–water partition coefficient (Wildman–Crippen LogP) is 1.88. The number of anilines is 1. The lowest BCUT2D eigenvalue weighted by Crippen LogP contribution is -2.35. The highest BCUT2D eigenvalue weighted by atomic mass is 32.2. The van der Waals surface area contributed by atoms with Crippen molar-refractivity contribution in [1.82, 2.24) is 4.31 Å². The van der Waals surface area contributed by atoms with Crippen LogP contribution in [0.5, 0.6) is 5.75 Å². The normalized spacial score (nSPS) is 11.2. The number of carbonyl (C=O) groups is 2. The average molecular weight is 410 g/mol. The number of benzene rings is 2. The van der Waals surface area contributed by atoms with Crippen LogP contribution >= 0.6 is 0 Å². The van der Waals surface area contributed by atoms with E-state index < -0.39 is 34.3 Å². The van der Waals surface area contributed by atoms with Crippen LogP contribution in [0.1, 0.15) is 10.4 Å². The Morgan fingerprint density at radius 1 is 1.11 bits per heavy atom. The summed E-state index contributed by atoms with van der Waals surface area (Å²) in [4.78, 5) is 24.1. The summed E-state index contributed by atoms with van der Waals surface area (Å²) in [6.45, 7) is -0.521. The lowest BCUT2D eigenvalue weighted by atomic mass is 10.1. The quantitative estimate of drug-likeness (QED) is 0.700. The average Bonchev–Trinajstić information content (AvgIpc) is 2.67. The van der Waals surface area contributed by atoms with E-state index in [1.165, 1.54) is 39.5 Å². The Hall–Kier alpha value is -2.98. The van der Waals surface area contributed by atoms with Gasteiger partial charge in [-0.15, -0.1) is 0 Å². The minimum Gasteiger partial charge on any atom is -0.497 e. The van der Waals surface area contributed by atoms with Gasteiger partial charge < -0.3 is 14.8 Å². The van der Waals surface area contributed by atoms with Gasteiger partial charge in [0.05, 0.1) is 36.9 Å². The Bertz CT molecular complexity index is 976. The van der Waals surface area contributed by atoms with Gasteiger partial charge in [-0.3, -0.25) is 4.79 Å². The SMILES string of the molecule is COC(=O)c1cc(OC)ccc1NC(=O)CN(C)S(=O)(=O)c1ccc(F)cc1. The van der Waals surface area contributed by atoms with Crippen molar-refractivity contribution < 1.29 is 31.9 Å². The maximum atomic E-state index is 13.0. The van der Waals surface area contributed by atoms with Gasteiger partial charge in [0.25, 0.3) is 0 Å². The molecule has 0 saturated heterocycles. The molecule has 0 aliphatic carbocycles. The molecule has 10 heteroatoms. The molecule has 0 saturated carbocycles. The molecule has 0 heterocycles. The van der Waals surface area contributed by atoms with Gasteiger partial charge in [0.15, 0.2) is 0 Å². The van der Waals surface area contributed by atoms with Gasteiger partial charge in [-0.1, -0.05) is 0 Å². The number of methoxy groups -OCH3 is 2. The van der Waals surface area contributed by atoms with Crippen LogP contribution in [0.3, 0.4) is 0 Å². The molecule has 0 aromatic heterocycles. The zero-order valence-corrected chi connectivity index (χ0v) is 16.2. The second-order valence-electron chi connectivity index (χ2n) is 5.67. The second-order valence-corrected chi connectivity index (χ2v) is 7.71. The number of hydrogen-bond acceptors (Lipinski definition) is 6. The van der Waals surface area contributed by atoms with Crippen LogP contribution in [-0.2, 0) is 19.6 Å². The lowest BCUT2D eigenvalue weighted by Gasteiger charge is -2.17. The lowest BCUT2D eigenvalue weighted by molar-refractivity contribution is -0.116. The second kappa shape index (κ2) is 8.81. The van der Waals surface area contributed by atoms with E-state index in [2.05, 4.69) is 10.1 Å². The molecule has 2 aromatic carbocycles. The molecule has 150 valence electrons. The van der Waals surface area contributed by atoms with E-state index in [0.717, 1.165) is 28.6 Å². The highest BCUT2D eigenvalue weighted by Gasteiger charge is 2.24. The summed E-state index contributed by atoms with van der Waals surface area (Å²) in [5.74, 6) is -1.56. The van der Waals surface area contributed by atoms with E-state index in [-0.39, 0.29) is 16.1 Å². The molecule has 0 aliphatic heterocycles. The molecule has 1 amide bonds. The third kappa shape index (κ3) is 4.84. The molecule has 0 atom stereocenters. The van der Waals surface area contributed by atoms with Crippen LogP contribution in [0.25, 0.3) is 0 Å². The fourth-order valence-electron chi connectivity index (χ4n) is 2.30. The van der Waals surface area contributed by atoms with Crippen molar-refractivity contribution in [1.29, 1.82) is 0 Å². The van der Waals surface area contributed by atoms with Crippen molar-refractivity contribution in [2.75, 3.05) is 33.1 Å². The van der Waals surface area contributed by atoms with Gasteiger partial charge in [-0.25, -0.2) is 17.6 Å². The van der Waals surface area contributed by atoms with E-state index in [4.69, 9.17) is 4.74 Å². The minimum absolute atomic E-state index is 0.0549. The van der Waals surface area contributed by atoms with Crippen LogP contribution in [-0.4, -0.2) is 52.4 Å². The molecular formula is C18H19FN2O6S. The van der Waals surface area contributed by atoms with E-state index in [0.29, 0.717) is 5.75 Å². The van der Waals surface area contributed by atoms with E-state index in [1.807, 2.05) is 0 Å². The number of amides is 1. The van der Waals surface area contributed by atoms with Crippen molar-refractivity contribution in [2.45, 2.75) is 4.90 Å². The van der Waals surface area contributed by atoms with Gasteiger partial charge in [-0.2, -0.15) is 4.31 Å². The maximum absolute atomic E-state index is 13.0. The van der Waals surface area contributed by atoms with Gasteiger partial charge >= 0.3 is 5.97 Å². The highest BCUT2D eigenvalue weighted by Crippen LogP contribution is 2.23. The van der Waals surface area contributed by atoms with Gasteiger partial charge in [0.1, 0.15) is 11.6 Å². The van der Waals surface area contributed by atoms with Crippen LogP contribution in [0.2, 0.25) is 0 Å². The summed E-state index contributed by atoms with van der Waals surface area (Å²) in [6, 6.07) is 8.61. The molecule has 0 bridgehead atoms. The van der Waals surface area contributed by atoms with E-state index in [9.17, 15) is 22.4 Å². The number of nitrogens with zero attached hydrogens (tertiary/aromatic N) is 1. The Morgan fingerprint density at radius 2 is 1.75 bits per heavy atom. The first kappa shape index (κ1) is 21.3. The summed E-state index contributed by atoms with van der Waals surface area (Å²) < 4.78 is 48.5. The summed E-state index contributed by atoms with van der Waals surface area (Å²) >= 11 is 0. The maximum Gasteiger partial charge on any atom is 0.340 e. The van der Waals surface area contributed by atoms with Crippen molar-refractivity contribution in [2.24, 2.45) is 0 Å². The van der Waals surface area contributed by atoms with E-state index in [1.54, 1.807) is 0 Å². The number of carbonyl (C=O) groups excluding carboxylic acids is 2. The smallest absolute Gasteiger partial charge is 0.340 e. The largest absolute Gasteiger partial charge is 0.497 e. The highest BCUT2D eigenvalue weighted by molar-refractivity contribution is 7.89. The molecule has 0 radical (unpaired) electrons. The molecule has 1 N–H and O–H groups in total. The Morgan fingerprint density at radius 3 is 2.32 bits per heavy atom. The van der Waals surface area contributed by atoms with Crippen molar-refractivity contribution in [3.05, 3.63) is 53.8 Å². The third-order valence-corrected chi connectivity index (χ3v) is 5.61. The van der Waals surface area contributed by atoms with Crippen molar-refractivity contribution >= 4 is 27.6 Å². The molecular weight excluding hydrogens is 391 g/mol. The zero-order chi connectivity index (χ0) is 20.9. The molecule has 0 fully saturated rings. The van der Waals surface area contributed by atoms with Crippen molar-refractivity contribution in [3.8, 4) is 5.75 Å². The molecule has 0 aliphatic rings. The number of rotatable bonds is 7. The van der Waals surface area contributed by atoms with E-state index >= 15 is 0 Å². The van der Waals surface area contributed by atoms with Gasteiger partial charge in [0, 0.05) is 7.05 Å². The fourth-order valence-corrected chi connectivity index (χ4v) is 3.43. The fraction of sp³-hybridized carbons (Fsp3) is 0.222. The Kier molecular flexibility index (Phi) is 6.71. The first-order chi connectivity index (χ1) is 13.2. The third-order valence-electron chi connectivity index (χ3n) is 3.79. The summed E-state index contributed by atoms with van der Waals surface area (Å²) in [5.41, 5.74) is 0.199. The standard InChI is InChI=1S/C18H19FN2O6S/c1-21(28(24,25)14-7-4-12(19)5-8-14)11-17(22)20-16-9-6-13(26-2)10-15(16)18(23)27-3/h4-10H,11H2,1-3H3,(H,20,22). The predicted molar refractivity (Wildman–Crippen MR) is 99.2 cm³/mol. The van der Waals surface area contributed by atoms with Crippen LogP contribution < -0.4 is 10.1 Å². The summed E-state index contributed by atoms with van der Waals surface area (Å²) in [5, 5.41) is 2.48. The number of likely N-dealkylation sites (N-methyl/N-ethyl adjacent to an activating group) is 1. The summed E-state index contributed by atoms with van der Waals surface area (Å²) in [7, 11) is -0.163. The first-order valence-electron chi connectivity index (χ1n) is 7.97. The monoisotopic (exact) mass is 410 g/mol. The Balaban J connectivity index is 2.17. The number of hydrogen-bond donors (Lipinski definition) is 1. The number of halogens is 1. The Labute approximate surface area is 161 Å². The van der Waals surface area contributed by atoms with Crippen LogP contribution in [0.15, 0.2) is 47.4 Å². The number of nitrogens with one attached hydrogen (secondary N) is 1. The number of sulfonamides is 1. The number of esters is 1. The molecule has 2 rings (SSSR count). The molecule has 0 unspecified atom stereocenters. The summed E-state index contributed by atoms with van der Waals surface area (Å²) in [6.07, 6.45) is 0. The molecule has 8 nitrogen and oxygen atoms in total. The number of ether oxygens (including phenoxy) is 2. The van der Waals surface area contributed by atoms with Crippen LogP contribution in [0.4, 0.5) is 10.1 Å². The minimum atomic E-state index is -3.99. The molecule has 28 heavy (non-hydrogen) atoms.